The molecule has 2 nitrogen and oxygen atoms in total. The minimum Gasteiger partial charge on any atom is -0.376 e. The van der Waals surface area contributed by atoms with E-state index < -0.39 is 11.6 Å². The first kappa shape index (κ1) is 13.4. The van der Waals surface area contributed by atoms with Crippen LogP contribution < -0.4 is 0 Å². The summed E-state index contributed by atoms with van der Waals surface area (Å²) in [6, 6.07) is 3.39. The first-order chi connectivity index (χ1) is 8.05. The number of hydrogen-bond donors (Lipinski definition) is 0. The van der Waals surface area contributed by atoms with Gasteiger partial charge >= 0.3 is 0 Å². The maximum absolute atomic E-state index is 12.9. The standard InChI is InChI=1S/C13H15F2NO/c1-3-10(9-17)7-16(2)8-11-4-12(14)6-13(15)5-11/h4-7,9H,3,8H2,1-2H3/b10-7-. The van der Waals surface area contributed by atoms with Crippen molar-refractivity contribution < 1.29 is 13.6 Å². The van der Waals surface area contributed by atoms with E-state index >= 15 is 0 Å². The molecule has 1 aromatic rings. The van der Waals surface area contributed by atoms with Crippen molar-refractivity contribution in [2.75, 3.05) is 7.05 Å². The second-order valence-electron chi connectivity index (χ2n) is 3.87. The van der Waals surface area contributed by atoms with Crippen LogP contribution in [0.4, 0.5) is 8.78 Å². The molecule has 0 saturated heterocycles. The van der Waals surface area contributed by atoms with Crippen molar-refractivity contribution >= 4 is 6.29 Å². The Bertz CT molecular complexity index is 409. The molecule has 1 aromatic carbocycles. The molecule has 0 aliphatic rings. The van der Waals surface area contributed by atoms with Gasteiger partial charge in [-0.25, -0.2) is 8.78 Å². The smallest absolute Gasteiger partial charge is 0.147 e. The first-order valence-corrected chi connectivity index (χ1v) is 5.36. The van der Waals surface area contributed by atoms with E-state index in [0.29, 0.717) is 24.1 Å². The van der Waals surface area contributed by atoms with Crippen LogP contribution in [0.1, 0.15) is 18.9 Å². The number of hydrogen-bond acceptors (Lipinski definition) is 2. The van der Waals surface area contributed by atoms with Crippen molar-refractivity contribution in [2.45, 2.75) is 19.9 Å². The molecule has 0 atom stereocenters. The third kappa shape index (κ3) is 4.34. The van der Waals surface area contributed by atoms with Crippen LogP contribution in [-0.2, 0) is 11.3 Å². The zero-order chi connectivity index (χ0) is 12.8. The molecule has 0 aliphatic carbocycles. The highest BCUT2D eigenvalue weighted by atomic mass is 19.1. The summed E-state index contributed by atoms with van der Waals surface area (Å²) in [6.45, 7) is 2.22. The third-order valence-corrected chi connectivity index (χ3v) is 2.30. The van der Waals surface area contributed by atoms with E-state index in [1.165, 1.54) is 12.1 Å². The average molecular weight is 239 g/mol. The normalized spacial score (nSPS) is 11.4. The molecule has 92 valence electrons. The lowest BCUT2D eigenvalue weighted by molar-refractivity contribution is -0.105. The Morgan fingerprint density at radius 1 is 1.29 bits per heavy atom. The molecule has 0 N–H and O–H groups in total. The van der Waals surface area contributed by atoms with Gasteiger partial charge in [0.2, 0.25) is 0 Å². The molecular formula is C13H15F2NO. The lowest BCUT2D eigenvalue weighted by Gasteiger charge is -2.15. The van der Waals surface area contributed by atoms with Gasteiger partial charge in [0, 0.05) is 31.4 Å². The predicted octanol–water partition coefficient (Wildman–Crippen LogP) is 2.89. The lowest BCUT2D eigenvalue weighted by Crippen LogP contribution is -2.12. The molecule has 4 heteroatoms. The minimum atomic E-state index is -0.594. The highest BCUT2D eigenvalue weighted by Crippen LogP contribution is 2.11. The fourth-order valence-electron chi connectivity index (χ4n) is 1.52. The Morgan fingerprint density at radius 3 is 2.35 bits per heavy atom. The Hall–Kier alpha value is -1.71. The molecule has 17 heavy (non-hydrogen) atoms. The molecule has 0 unspecified atom stereocenters. The zero-order valence-electron chi connectivity index (χ0n) is 9.91. The fraction of sp³-hybridized carbons (Fsp3) is 0.308. The molecule has 0 spiro atoms. The molecule has 0 heterocycles. The van der Waals surface area contributed by atoms with Gasteiger partial charge in [-0.3, -0.25) is 4.79 Å². The molecule has 0 aromatic heterocycles. The molecule has 0 radical (unpaired) electrons. The number of carbonyl (C=O) groups is 1. The van der Waals surface area contributed by atoms with E-state index in [0.717, 1.165) is 12.4 Å². The van der Waals surface area contributed by atoms with Crippen LogP contribution in [0.2, 0.25) is 0 Å². The monoisotopic (exact) mass is 239 g/mol. The second kappa shape index (κ2) is 6.13. The summed E-state index contributed by atoms with van der Waals surface area (Å²) in [5.41, 5.74) is 1.17. The Labute approximate surface area is 99.5 Å². The van der Waals surface area contributed by atoms with E-state index in [1.54, 1.807) is 18.1 Å². The van der Waals surface area contributed by atoms with Crippen LogP contribution in [-0.4, -0.2) is 18.2 Å². The van der Waals surface area contributed by atoms with Crippen LogP contribution in [0.15, 0.2) is 30.0 Å². The van der Waals surface area contributed by atoms with Crippen molar-refractivity contribution in [1.82, 2.24) is 4.90 Å². The summed E-state index contributed by atoms with van der Waals surface area (Å²) >= 11 is 0. The number of aldehydes is 1. The van der Waals surface area contributed by atoms with Crippen molar-refractivity contribution in [2.24, 2.45) is 0 Å². The average Bonchev–Trinajstić information content (AvgIpc) is 2.24. The SMILES string of the molecule is CC/C(C=O)=C/N(C)Cc1cc(F)cc(F)c1. The highest BCUT2D eigenvalue weighted by Gasteiger charge is 2.03. The van der Waals surface area contributed by atoms with Gasteiger partial charge in [-0.15, -0.1) is 0 Å². The summed E-state index contributed by atoms with van der Waals surface area (Å²) in [6.07, 6.45) is 3.09. The van der Waals surface area contributed by atoms with Crippen LogP contribution >= 0.6 is 0 Å². The number of benzene rings is 1. The maximum atomic E-state index is 12.9. The van der Waals surface area contributed by atoms with Crippen molar-refractivity contribution in [3.8, 4) is 0 Å². The van der Waals surface area contributed by atoms with Gasteiger partial charge in [-0.2, -0.15) is 0 Å². The largest absolute Gasteiger partial charge is 0.376 e. The first-order valence-electron chi connectivity index (χ1n) is 5.36. The van der Waals surface area contributed by atoms with Crippen molar-refractivity contribution in [1.29, 1.82) is 0 Å². The summed E-state index contributed by atoms with van der Waals surface area (Å²) in [5.74, 6) is -1.19. The predicted molar refractivity (Wildman–Crippen MR) is 62.3 cm³/mol. The Morgan fingerprint density at radius 2 is 1.88 bits per heavy atom. The van der Waals surface area contributed by atoms with Gasteiger partial charge in [-0.05, 0) is 24.1 Å². The number of nitrogens with zero attached hydrogens (tertiary/aromatic N) is 1. The number of rotatable bonds is 5. The molecule has 0 fully saturated rings. The lowest BCUT2D eigenvalue weighted by atomic mass is 10.2. The van der Waals surface area contributed by atoms with E-state index in [9.17, 15) is 13.6 Å². The van der Waals surface area contributed by atoms with Crippen LogP contribution in [0.5, 0.6) is 0 Å². The summed E-state index contributed by atoms with van der Waals surface area (Å²) in [4.78, 5) is 12.3. The van der Waals surface area contributed by atoms with Gasteiger partial charge in [-0.1, -0.05) is 6.92 Å². The van der Waals surface area contributed by atoms with Gasteiger partial charge < -0.3 is 4.90 Å². The number of halogens is 2. The van der Waals surface area contributed by atoms with Gasteiger partial charge in [0.15, 0.2) is 0 Å². The molecule has 0 saturated carbocycles. The van der Waals surface area contributed by atoms with E-state index in [4.69, 9.17) is 0 Å². The highest BCUT2D eigenvalue weighted by molar-refractivity contribution is 5.72. The molecule has 0 amide bonds. The van der Waals surface area contributed by atoms with E-state index in [1.807, 2.05) is 6.92 Å². The van der Waals surface area contributed by atoms with Gasteiger partial charge in [0.05, 0.1) is 0 Å². The fourth-order valence-corrected chi connectivity index (χ4v) is 1.52. The molecular weight excluding hydrogens is 224 g/mol. The van der Waals surface area contributed by atoms with Crippen LogP contribution in [0.3, 0.4) is 0 Å². The maximum Gasteiger partial charge on any atom is 0.147 e. The Balaban J connectivity index is 2.77. The summed E-state index contributed by atoms with van der Waals surface area (Å²) in [5, 5.41) is 0. The summed E-state index contributed by atoms with van der Waals surface area (Å²) < 4.78 is 25.9. The quantitative estimate of drug-likeness (QED) is 0.581. The minimum absolute atomic E-state index is 0.353. The van der Waals surface area contributed by atoms with Crippen LogP contribution in [0, 0.1) is 11.6 Å². The molecule has 0 bridgehead atoms. The van der Waals surface area contributed by atoms with Crippen molar-refractivity contribution in [3.63, 3.8) is 0 Å². The third-order valence-electron chi connectivity index (χ3n) is 2.30. The van der Waals surface area contributed by atoms with Gasteiger partial charge in [0.25, 0.3) is 0 Å². The second-order valence-corrected chi connectivity index (χ2v) is 3.87. The summed E-state index contributed by atoms with van der Waals surface area (Å²) in [7, 11) is 1.75. The topological polar surface area (TPSA) is 20.3 Å². The van der Waals surface area contributed by atoms with E-state index in [2.05, 4.69) is 0 Å². The molecule has 0 aliphatic heterocycles. The van der Waals surface area contributed by atoms with E-state index in [-0.39, 0.29) is 0 Å². The van der Waals surface area contributed by atoms with Crippen molar-refractivity contribution in [3.05, 3.63) is 47.2 Å². The zero-order valence-corrected chi connectivity index (χ0v) is 9.91. The molecule has 1 rings (SSSR count). The van der Waals surface area contributed by atoms with Gasteiger partial charge in [0.1, 0.15) is 17.9 Å². The number of carbonyl (C=O) groups excluding carboxylic acids is 1. The number of allylic oxidation sites excluding steroid dienone is 1. The van der Waals surface area contributed by atoms with Crippen LogP contribution in [0.25, 0.3) is 0 Å². The Kier molecular flexibility index (Phi) is 4.82.